The first-order valence-electron chi connectivity index (χ1n) is 5.86. The van der Waals surface area contributed by atoms with Crippen LogP contribution in [0.4, 0.5) is 11.4 Å². The first-order chi connectivity index (χ1) is 8.59. The van der Waals surface area contributed by atoms with Crippen LogP contribution >= 0.6 is 0 Å². The molecule has 1 heterocycles. The zero-order valence-corrected chi connectivity index (χ0v) is 10.8. The van der Waals surface area contributed by atoms with Crippen molar-refractivity contribution in [2.24, 2.45) is 0 Å². The van der Waals surface area contributed by atoms with E-state index >= 15 is 0 Å². The highest BCUT2D eigenvalue weighted by Crippen LogP contribution is 2.25. The summed E-state index contributed by atoms with van der Waals surface area (Å²) < 4.78 is 0. The van der Waals surface area contributed by atoms with Gasteiger partial charge in [0.05, 0.1) is 11.9 Å². The van der Waals surface area contributed by atoms with Gasteiger partial charge in [0.1, 0.15) is 5.69 Å². The topological polar surface area (TPSA) is 33.2 Å². The second-order valence-electron chi connectivity index (χ2n) is 4.30. The van der Waals surface area contributed by atoms with Crippen molar-refractivity contribution in [1.29, 1.82) is 0 Å². The molecule has 2 rings (SSSR count). The number of hydrogen-bond donors (Lipinski definition) is 0. The van der Waals surface area contributed by atoms with E-state index in [9.17, 15) is 4.79 Å². The number of benzene rings is 1. The average molecular weight is 240 g/mol. The van der Waals surface area contributed by atoms with E-state index in [-0.39, 0.29) is 5.78 Å². The van der Waals surface area contributed by atoms with Crippen molar-refractivity contribution in [2.75, 3.05) is 11.9 Å². The molecule has 0 radical (unpaired) electrons. The zero-order valence-electron chi connectivity index (χ0n) is 10.8. The molecule has 0 atom stereocenters. The summed E-state index contributed by atoms with van der Waals surface area (Å²) in [6.45, 7) is 3.59. The van der Waals surface area contributed by atoms with Crippen LogP contribution in [0.3, 0.4) is 0 Å². The maximum absolute atomic E-state index is 11.2. The van der Waals surface area contributed by atoms with Gasteiger partial charge in [-0.05, 0) is 30.7 Å². The van der Waals surface area contributed by atoms with Crippen LogP contribution in [0.2, 0.25) is 0 Å². The number of rotatable bonds is 3. The Labute approximate surface area is 107 Å². The molecule has 3 heteroatoms. The summed E-state index contributed by atoms with van der Waals surface area (Å²) in [5.74, 6) is -0.0138. The van der Waals surface area contributed by atoms with E-state index in [0.717, 1.165) is 11.4 Å². The Bertz CT molecular complexity index is 561. The van der Waals surface area contributed by atoms with Crippen molar-refractivity contribution in [3.8, 4) is 0 Å². The van der Waals surface area contributed by atoms with Crippen LogP contribution in [0, 0.1) is 6.92 Å². The van der Waals surface area contributed by atoms with Gasteiger partial charge in [-0.1, -0.05) is 18.2 Å². The van der Waals surface area contributed by atoms with Crippen LogP contribution in [0.1, 0.15) is 23.0 Å². The smallest absolute Gasteiger partial charge is 0.178 e. The SMILES string of the molecule is CC(=O)c1ccc(N(C)c2ccccc2C)cn1. The minimum Gasteiger partial charge on any atom is -0.343 e. The monoisotopic (exact) mass is 240 g/mol. The van der Waals surface area contributed by atoms with Gasteiger partial charge in [0, 0.05) is 19.7 Å². The summed E-state index contributed by atoms with van der Waals surface area (Å²) in [4.78, 5) is 17.4. The van der Waals surface area contributed by atoms with E-state index in [1.165, 1.54) is 12.5 Å². The van der Waals surface area contributed by atoms with Crippen molar-refractivity contribution in [2.45, 2.75) is 13.8 Å². The fraction of sp³-hybridized carbons (Fsp3) is 0.200. The molecule has 0 saturated carbocycles. The molecule has 0 fully saturated rings. The molecule has 2 aromatic rings. The molecule has 0 bridgehead atoms. The first-order valence-corrected chi connectivity index (χ1v) is 5.86. The summed E-state index contributed by atoms with van der Waals surface area (Å²) in [7, 11) is 1.99. The third-order valence-corrected chi connectivity index (χ3v) is 2.97. The minimum atomic E-state index is -0.0138. The van der Waals surface area contributed by atoms with Crippen molar-refractivity contribution in [3.63, 3.8) is 0 Å². The van der Waals surface area contributed by atoms with Crippen LogP contribution in [-0.2, 0) is 0 Å². The number of carbonyl (C=O) groups is 1. The Balaban J connectivity index is 2.32. The molecule has 0 amide bonds. The highest BCUT2D eigenvalue weighted by Gasteiger charge is 2.07. The summed E-state index contributed by atoms with van der Waals surface area (Å²) in [5.41, 5.74) is 3.80. The third kappa shape index (κ3) is 2.40. The number of aromatic nitrogens is 1. The maximum Gasteiger partial charge on any atom is 0.178 e. The highest BCUT2D eigenvalue weighted by atomic mass is 16.1. The Morgan fingerprint density at radius 2 is 1.89 bits per heavy atom. The molecule has 1 aromatic heterocycles. The number of pyridine rings is 1. The minimum absolute atomic E-state index is 0.0138. The Morgan fingerprint density at radius 1 is 1.17 bits per heavy atom. The zero-order chi connectivity index (χ0) is 13.1. The number of para-hydroxylation sites is 1. The van der Waals surface area contributed by atoms with E-state index in [4.69, 9.17) is 0 Å². The van der Waals surface area contributed by atoms with E-state index in [2.05, 4.69) is 28.9 Å². The quantitative estimate of drug-likeness (QED) is 0.771. The van der Waals surface area contributed by atoms with Gasteiger partial charge >= 0.3 is 0 Å². The summed E-state index contributed by atoms with van der Waals surface area (Å²) >= 11 is 0. The molecule has 1 aromatic carbocycles. The fourth-order valence-corrected chi connectivity index (χ4v) is 1.87. The second-order valence-corrected chi connectivity index (χ2v) is 4.30. The predicted octanol–water partition coefficient (Wildman–Crippen LogP) is 3.36. The lowest BCUT2D eigenvalue weighted by molar-refractivity contribution is 0.101. The van der Waals surface area contributed by atoms with Crippen LogP contribution in [-0.4, -0.2) is 17.8 Å². The van der Waals surface area contributed by atoms with Gasteiger partial charge in [0.25, 0.3) is 0 Å². The van der Waals surface area contributed by atoms with Gasteiger partial charge < -0.3 is 4.90 Å². The molecule has 0 aliphatic rings. The van der Waals surface area contributed by atoms with Crippen molar-refractivity contribution in [3.05, 3.63) is 53.9 Å². The van der Waals surface area contributed by atoms with Crippen molar-refractivity contribution in [1.82, 2.24) is 4.98 Å². The fourth-order valence-electron chi connectivity index (χ4n) is 1.87. The lowest BCUT2D eigenvalue weighted by Crippen LogP contribution is -2.11. The van der Waals surface area contributed by atoms with E-state index in [1.54, 1.807) is 12.3 Å². The molecular weight excluding hydrogens is 224 g/mol. The molecule has 0 aliphatic heterocycles. The van der Waals surface area contributed by atoms with Crippen LogP contribution in [0.15, 0.2) is 42.6 Å². The summed E-state index contributed by atoms with van der Waals surface area (Å²) in [5, 5.41) is 0. The molecule has 0 N–H and O–H groups in total. The number of Topliss-reactive ketones (excluding diaryl/α,β-unsaturated/α-hetero) is 1. The first kappa shape index (κ1) is 12.3. The van der Waals surface area contributed by atoms with Gasteiger partial charge in [-0.3, -0.25) is 9.78 Å². The van der Waals surface area contributed by atoms with Gasteiger partial charge in [-0.25, -0.2) is 0 Å². The van der Waals surface area contributed by atoms with Gasteiger partial charge in [-0.2, -0.15) is 0 Å². The number of anilines is 2. The molecule has 0 saturated heterocycles. The number of carbonyl (C=O) groups excluding carboxylic acids is 1. The van der Waals surface area contributed by atoms with Crippen LogP contribution < -0.4 is 4.90 Å². The second kappa shape index (κ2) is 5.00. The third-order valence-electron chi connectivity index (χ3n) is 2.97. The maximum atomic E-state index is 11.2. The standard InChI is InChI=1S/C15H16N2O/c1-11-6-4-5-7-15(11)17(3)13-8-9-14(12(2)18)16-10-13/h4-10H,1-3H3. The van der Waals surface area contributed by atoms with Crippen LogP contribution in [0.25, 0.3) is 0 Å². The van der Waals surface area contributed by atoms with Crippen LogP contribution in [0.5, 0.6) is 0 Å². The van der Waals surface area contributed by atoms with Gasteiger partial charge in [0.2, 0.25) is 0 Å². The van der Waals surface area contributed by atoms with Gasteiger partial charge in [0.15, 0.2) is 5.78 Å². The molecular formula is C15H16N2O. The number of nitrogens with zero attached hydrogens (tertiary/aromatic N) is 2. The average Bonchev–Trinajstić information content (AvgIpc) is 2.38. The largest absolute Gasteiger partial charge is 0.343 e. The molecule has 0 unspecified atom stereocenters. The molecule has 92 valence electrons. The highest BCUT2D eigenvalue weighted by molar-refractivity contribution is 5.92. The molecule has 3 nitrogen and oxygen atoms in total. The van der Waals surface area contributed by atoms with Crippen molar-refractivity contribution < 1.29 is 4.79 Å². The van der Waals surface area contributed by atoms with E-state index in [1.807, 2.05) is 25.2 Å². The number of ketones is 1. The lowest BCUT2D eigenvalue weighted by Gasteiger charge is -2.21. The summed E-state index contributed by atoms with van der Waals surface area (Å²) in [6.07, 6.45) is 1.73. The number of hydrogen-bond acceptors (Lipinski definition) is 3. The van der Waals surface area contributed by atoms with Crippen molar-refractivity contribution >= 4 is 17.2 Å². The molecule has 0 spiro atoms. The Hall–Kier alpha value is -2.16. The lowest BCUT2D eigenvalue weighted by atomic mass is 10.1. The predicted molar refractivity (Wildman–Crippen MR) is 73.5 cm³/mol. The molecule has 0 aliphatic carbocycles. The van der Waals surface area contributed by atoms with E-state index < -0.39 is 0 Å². The Morgan fingerprint density at radius 3 is 2.44 bits per heavy atom. The van der Waals surface area contributed by atoms with E-state index in [0.29, 0.717) is 5.69 Å². The van der Waals surface area contributed by atoms with Gasteiger partial charge in [-0.15, -0.1) is 0 Å². The normalized spacial score (nSPS) is 10.2. The number of aryl methyl sites for hydroxylation is 1. The Kier molecular flexibility index (Phi) is 3.42. The summed E-state index contributed by atoms with van der Waals surface area (Å²) in [6, 6.07) is 11.8. The molecule has 18 heavy (non-hydrogen) atoms.